The van der Waals surface area contributed by atoms with Crippen LogP contribution in [0.1, 0.15) is 194 Å². The number of rotatable bonds is 36. The zero-order valence-corrected chi connectivity index (χ0v) is 32.5. The van der Waals surface area contributed by atoms with Crippen LogP contribution in [0, 0.1) is 0 Å². The summed E-state index contributed by atoms with van der Waals surface area (Å²) in [6.07, 6.45) is 42.0. The lowest BCUT2D eigenvalue weighted by Gasteiger charge is -2.22. The predicted molar refractivity (Wildman–Crippen MR) is 208 cm³/mol. The maximum absolute atomic E-state index is 12.6. The van der Waals surface area contributed by atoms with Gasteiger partial charge in [0.15, 0.2) is 0 Å². The minimum absolute atomic E-state index is 0.273. The lowest BCUT2D eigenvalue weighted by Crippen LogP contribution is -2.50. The van der Waals surface area contributed by atoms with Crippen molar-refractivity contribution in [1.29, 1.82) is 0 Å². The second-order valence-corrected chi connectivity index (χ2v) is 15.5. The number of amides is 1. The first-order chi connectivity index (χ1) is 23.7. The molecule has 7 nitrogen and oxygen atoms in total. The van der Waals surface area contributed by atoms with Crippen LogP contribution in [-0.4, -0.2) is 53.1 Å². The van der Waals surface area contributed by atoms with Gasteiger partial charge in [0.25, 0.3) is 10.1 Å². The van der Waals surface area contributed by atoms with Gasteiger partial charge >= 0.3 is 0 Å². The number of aliphatic hydroxyl groups excluding tert-OH is 2. The minimum atomic E-state index is -4.45. The second-order valence-electron chi connectivity index (χ2n) is 14.0. The van der Waals surface area contributed by atoms with E-state index in [1.54, 1.807) is 6.08 Å². The molecule has 3 unspecified atom stereocenters. The van der Waals surface area contributed by atoms with Crippen molar-refractivity contribution >= 4 is 16.0 Å². The summed E-state index contributed by atoms with van der Waals surface area (Å²) >= 11 is 0. The van der Waals surface area contributed by atoms with Gasteiger partial charge in [-0.2, -0.15) is 8.42 Å². The topological polar surface area (TPSA) is 124 Å². The molecular formula is C41H77NO6S. The molecule has 0 aromatic rings. The van der Waals surface area contributed by atoms with Crippen LogP contribution in [0.2, 0.25) is 0 Å². The summed E-state index contributed by atoms with van der Waals surface area (Å²) in [5.41, 5.74) is 0. The molecule has 288 valence electrons. The molecule has 0 aliphatic carbocycles. The van der Waals surface area contributed by atoms with Crippen LogP contribution in [0.15, 0.2) is 36.5 Å². The highest BCUT2D eigenvalue weighted by molar-refractivity contribution is 7.85. The number of aliphatic hydroxyl groups is 2. The fourth-order valence-electron chi connectivity index (χ4n) is 6.02. The van der Waals surface area contributed by atoms with Crippen LogP contribution < -0.4 is 5.32 Å². The first kappa shape index (κ1) is 47.5. The maximum Gasteiger partial charge on any atom is 0.267 e. The monoisotopic (exact) mass is 712 g/mol. The minimum Gasteiger partial charge on any atom is -0.387 e. The van der Waals surface area contributed by atoms with Gasteiger partial charge in [0, 0.05) is 0 Å². The Labute approximate surface area is 302 Å². The molecule has 0 aromatic heterocycles. The molecule has 0 fully saturated rings. The van der Waals surface area contributed by atoms with E-state index < -0.39 is 40.0 Å². The Morgan fingerprint density at radius 1 is 0.551 bits per heavy atom. The molecule has 1 amide bonds. The Bertz CT molecular complexity index is 932. The van der Waals surface area contributed by atoms with Crippen molar-refractivity contribution in [2.24, 2.45) is 0 Å². The van der Waals surface area contributed by atoms with Gasteiger partial charge in [0.2, 0.25) is 5.91 Å². The van der Waals surface area contributed by atoms with E-state index in [0.717, 1.165) is 44.9 Å². The van der Waals surface area contributed by atoms with Crippen molar-refractivity contribution in [3.05, 3.63) is 36.5 Å². The van der Waals surface area contributed by atoms with Gasteiger partial charge in [-0.1, -0.05) is 185 Å². The van der Waals surface area contributed by atoms with E-state index in [-0.39, 0.29) is 6.42 Å². The highest BCUT2D eigenvalue weighted by Crippen LogP contribution is 2.14. The van der Waals surface area contributed by atoms with Crippen molar-refractivity contribution in [2.75, 3.05) is 5.75 Å². The van der Waals surface area contributed by atoms with Crippen LogP contribution in [0.3, 0.4) is 0 Å². The van der Waals surface area contributed by atoms with Crippen molar-refractivity contribution in [3.8, 4) is 0 Å². The fraction of sp³-hybridized carbons (Fsp3) is 0.829. The van der Waals surface area contributed by atoms with Crippen LogP contribution >= 0.6 is 0 Å². The van der Waals surface area contributed by atoms with Crippen LogP contribution in [0.4, 0.5) is 0 Å². The average Bonchev–Trinajstić information content (AvgIpc) is 3.06. The van der Waals surface area contributed by atoms with Gasteiger partial charge < -0.3 is 15.5 Å². The van der Waals surface area contributed by atoms with Crippen molar-refractivity contribution in [3.63, 3.8) is 0 Å². The van der Waals surface area contributed by atoms with Gasteiger partial charge in [-0.25, -0.2) is 0 Å². The maximum atomic E-state index is 12.6. The van der Waals surface area contributed by atoms with Crippen LogP contribution in [0.25, 0.3) is 0 Å². The van der Waals surface area contributed by atoms with Gasteiger partial charge in [-0.3, -0.25) is 9.35 Å². The van der Waals surface area contributed by atoms with Crippen molar-refractivity contribution in [1.82, 2.24) is 5.32 Å². The van der Waals surface area contributed by atoms with Crippen LogP contribution in [0.5, 0.6) is 0 Å². The lowest BCUT2D eigenvalue weighted by atomic mass is 10.0. The molecule has 0 spiro atoms. The number of allylic oxidation sites excluding steroid dienone is 5. The average molecular weight is 712 g/mol. The summed E-state index contributed by atoms with van der Waals surface area (Å²) in [5.74, 6) is -1.56. The van der Waals surface area contributed by atoms with E-state index in [1.165, 1.54) is 122 Å². The van der Waals surface area contributed by atoms with E-state index >= 15 is 0 Å². The summed E-state index contributed by atoms with van der Waals surface area (Å²) in [5, 5.41) is 23.3. The second kappa shape index (κ2) is 34.9. The largest absolute Gasteiger partial charge is 0.387 e. The molecule has 49 heavy (non-hydrogen) atoms. The van der Waals surface area contributed by atoms with E-state index in [1.807, 2.05) is 0 Å². The number of nitrogens with one attached hydrogen (secondary N) is 1. The van der Waals surface area contributed by atoms with E-state index in [9.17, 15) is 28.0 Å². The Balaban J connectivity index is 4.13. The van der Waals surface area contributed by atoms with Gasteiger partial charge in [-0.05, 0) is 44.9 Å². The molecule has 0 rings (SSSR count). The van der Waals surface area contributed by atoms with E-state index in [4.69, 9.17) is 0 Å². The van der Waals surface area contributed by atoms with E-state index in [2.05, 4.69) is 43.5 Å². The smallest absolute Gasteiger partial charge is 0.267 e. The molecule has 0 radical (unpaired) electrons. The molecular weight excluding hydrogens is 635 g/mol. The van der Waals surface area contributed by atoms with Crippen molar-refractivity contribution in [2.45, 2.75) is 212 Å². The summed E-state index contributed by atoms with van der Waals surface area (Å²) in [4.78, 5) is 12.6. The molecule has 0 aliphatic rings. The quantitative estimate of drug-likeness (QED) is 0.0291. The third-order valence-corrected chi connectivity index (χ3v) is 9.94. The molecule has 8 heteroatoms. The fourth-order valence-corrected chi connectivity index (χ4v) is 6.75. The predicted octanol–water partition coefficient (Wildman–Crippen LogP) is 10.7. The first-order valence-electron chi connectivity index (χ1n) is 20.3. The van der Waals surface area contributed by atoms with Crippen molar-refractivity contribution < 1.29 is 28.0 Å². The summed E-state index contributed by atoms with van der Waals surface area (Å²) < 4.78 is 32.5. The Kier molecular flexibility index (Phi) is 33.9. The molecule has 4 N–H and O–H groups in total. The lowest BCUT2D eigenvalue weighted by molar-refractivity contribution is -0.130. The SMILES string of the molecule is CCCCCCCCCCC/C=C/CC/C=C/CC/C=C/C(O)C(CS(=O)(=O)O)NC(=O)C(O)CCCCCCCCCCCCCCC. The molecule has 0 aliphatic heterocycles. The highest BCUT2D eigenvalue weighted by Gasteiger charge is 2.27. The molecule has 3 atom stereocenters. The molecule has 0 saturated carbocycles. The zero-order valence-electron chi connectivity index (χ0n) is 31.7. The van der Waals surface area contributed by atoms with Gasteiger partial charge in [0.1, 0.15) is 6.10 Å². The summed E-state index contributed by atoms with van der Waals surface area (Å²) in [7, 11) is -4.45. The zero-order chi connectivity index (χ0) is 36.3. The Hall–Kier alpha value is -1.48. The first-order valence-corrected chi connectivity index (χ1v) is 21.9. The van der Waals surface area contributed by atoms with E-state index in [0.29, 0.717) is 12.8 Å². The summed E-state index contributed by atoms with van der Waals surface area (Å²) in [6.45, 7) is 4.50. The highest BCUT2D eigenvalue weighted by atomic mass is 32.2. The molecule has 0 saturated heterocycles. The summed E-state index contributed by atoms with van der Waals surface area (Å²) in [6, 6.07) is -1.25. The van der Waals surface area contributed by atoms with Gasteiger partial charge in [0.05, 0.1) is 17.9 Å². The third kappa shape index (κ3) is 34.7. The molecule has 0 aromatic carbocycles. The normalized spacial score (nSPS) is 14.3. The number of carbonyl (C=O) groups excluding carboxylic acids is 1. The number of hydrogen-bond donors (Lipinski definition) is 4. The Morgan fingerprint density at radius 2 is 0.918 bits per heavy atom. The number of unbranched alkanes of at least 4 members (excludes halogenated alkanes) is 23. The third-order valence-electron chi connectivity index (χ3n) is 9.15. The van der Waals surface area contributed by atoms with Crippen LogP contribution in [-0.2, 0) is 14.9 Å². The molecule has 0 heterocycles. The standard InChI is InChI=1S/C41H77NO6S/c1-3-5-7-9-11-13-15-17-18-19-20-21-22-24-25-27-29-31-33-35-39(43)38(37-49(46,47)48)42-41(45)40(44)36-34-32-30-28-26-23-16-14-12-10-8-6-4-2/h20-21,25,27,33,35,38-40,43-44H,3-19,22-24,26,28-32,34,36-37H2,1-2H3,(H,42,45)(H,46,47,48)/b21-20+,27-25+,35-33+. The Morgan fingerprint density at radius 3 is 1.35 bits per heavy atom. The molecule has 0 bridgehead atoms. The number of hydrogen-bond acceptors (Lipinski definition) is 5. The number of carbonyl (C=O) groups is 1. The van der Waals surface area contributed by atoms with Gasteiger partial charge in [-0.15, -0.1) is 0 Å².